The third-order valence-electron chi connectivity index (χ3n) is 7.97. The van der Waals surface area contributed by atoms with Crippen LogP contribution in [-0.2, 0) is 32.0 Å². The van der Waals surface area contributed by atoms with Crippen LogP contribution in [0.25, 0.3) is 11.1 Å². The van der Waals surface area contributed by atoms with Crippen LogP contribution in [0.2, 0.25) is 0 Å². The molecule has 5 rings (SSSR count). The van der Waals surface area contributed by atoms with E-state index in [4.69, 9.17) is 18.6 Å². The molecule has 9 nitrogen and oxygen atoms in total. The number of benzene rings is 3. The summed E-state index contributed by atoms with van der Waals surface area (Å²) in [5.41, 5.74) is 4.46. The van der Waals surface area contributed by atoms with Crippen LogP contribution in [-0.4, -0.2) is 60.3 Å². The van der Waals surface area contributed by atoms with Gasteiger partial charge in [-0.3, -0.25) is 9.59 Å². The fraction of sp³-hybridized carbons (Fsp3) is 0.324. The van der Waals surface area contributed by atoms with Crippen LogP contribution in [0.3, 0.4) is 0 Å². The molecule has 2 amide bonds. The normalized spacial score (nSPS) is 15.8. The molecule has 4 aromatic rings. The summed E-state index contributed by atoms with van der Waals surface area (Å²) in [7, 11) is 0. The first-order chi connectivity index (χ1) is 22.4. The number of imide groups is 1. The molecule has 0 aliphatic carbocycles. The molecule has 3 unspecified atom stereocenters. The molecule has 2 heterocycles. The number of cyclic esters (lactones) is 1. The Kier molecular flexibility index (Phi) is 11.1. The predicted molar refractivity (Wildman–Crippen MR) is 171 cm³/mol. The lowest BCUT2D eigenvalue weighted by Crippen LogP contribution is -2.40. The molecule has 1 N–H and O–H groups in total. The summed E-state index contributed by atoms with van der Waals surface area (Å²) in [6.07, 6.45) is -0.163. The standard InChI is InChI=1S/C37H39NO8/c1-25-11-9-16-29(19-25)31-20-34(35(40)26(2)36(41)38-32(24-45-37(38)42)28-14-7-4-8-15-28)46-33(31)17-10-18-43-23-30(21-39)44-22-27-12-5-3-6-13-27/h3-9,11-16,19-20,26,30,32,39H,10,17-18,21-24H2,1-2H3. The Labute approximate surface area is 268 Å². The van der Waals surface area contributed by atoms with Gasteiger partial charge in [-0.1, -0.05) is 90.5 Å². The second-order valence-corrected chi connectivity index (χ2v) is 11.4. The molecule has 1 aliphatic rings. The highest BCUT2D eigenvalue weighted by molar-refractivity contribution is 6.12. The summed E-state index contributed by atoms with van der Waals surface area (Å²) in [6.45, 7) is 4.33. The summed E-state index contributed by atoms with van der Waals surface area (Å²) >= 11 is 0. The topological polar surface area (TPSA) is 116 Å². The van der Waals surface area contributed by atoms with Gasteiger partial charge in [0, 0.05) is 18.6 Å². The number of carbonyl (C=O) groups excluding carboxylic acids is 3. The SMILES string of the molecule is Cc1cccc(-c2cc(C(=O)C(C)C(=O)N3C(=O)OCC3c3ccccc3)oc2CCCOCC(CO)OCc2ccccc2)c1. The summed E-state index contributed by atoms with van der Waals surface area (Å²) in [5.74, 6) is -1.69. The zero-order valence-electron chi connectivity index (χ0n) is 26.1. The molecule has 1 fully saturated rings. The van der Waals surface area contributed by atoms with E-state index in [1.165, 1.54) is 6.92 Å². The van der Waals surface area contributed by atoms with Crippen molar-refractivity contribution >= 4 is 17.8 Å². The molecule has 0 radical (unpaired) electrons. The van der Waals surface area contributed by atoms with Gasteiger partial charge in [0.15, 0.2) is 5.76 Å². The fourth-order valence-corrected chi connectivity index (χ4v) is 5.40. The average Bonchev–Trinajstić information content (AvgIpc) is 3.69. The molecule has 240 valence electrons. The van der Waals surface area contributed by atoms with Crippen molar-refractivity contribution in [1.29, 1.82) is 0 Å². The number of aliphatic hydroxyl groups excluding tert-OH is 1. The van der Waals surface area contributed by atoms with E-state index in [0.29, 0.717) is 31.8 Å². The summed E-state index contributed by atoms with van der Waals surface area (Å²) < 4.78 is 22.9. The van der Waals surface area contributed by atoms with E-state index < -0.39 is 35.8 Å². The molecule has 3 atom stereocenters. The number of aryl methyl sites for hydroxylation is 2. The second kappa shape index (κ2) is 15.6. The summed E-state index contributed by atoms with van der Waals surface area (Å²) in [6, 6.07) is 27.8. The van der Waals surface area contributed by atoms with Gasteiger partial charge in [-0.15, -0.1) is 0 Å². The Morgan fingerprint density at radius 1 is 1.00 bits per heavy atom. The minimum absolute atomic E-state index is 0.0260. The molecule has 46 heavy (non-hydrogen) atoms. The van der Waals surface area contributed by atoms with E-state index >= 15 is 0 Å². The van der Waals surface area contributed by atoms with Crippen molar-refractivity contribution in [3.63, 3.8) is 0 Å². The van der Waals surface area contributed by atoms with Crippen molar-refractivity contribution in [2.45, 2.75) is 45.4 Å². The van der Waals surface area contributed by atoms with Gasteiger partial charge in [-0.2, -0.15) is 0 Å². The predicted octanol–water partition coefficient (Wildman–Crippen LogP) is 6.32. The number of furan rings is 1. The first-order valence-electron chi connectivity index (χ1n) is 15.5. The molecule has 1 saturated heterocycles. The van der Waals surface area contributed by atoms with E-state index in [0.717, 1.165) is 32.7 Å². The van der Waals surface area contributed by atoms with E-state index in [1.54, 1.807) is 6.07 Å². The number of rotatable bonds is 15. The lowest BCUT2D eigenvalue weighted by Gasteiger charge is -2.22. The van der Waals surface area contributed by atoms with Crippen LogP contribution in [0.4, 0.5) is 4.79 Å². The van der Waals surface area contributed by atoms with Crippen molar-refractivity contribution in [3.8, 4) is 11.1 Å². The van der Waals surface area contributed by atoms with Gasteiger partial charge in [0.2, 0.25) is 11.7 Å². The average molecular weight is 626 g/mol. The van der Waals surface area contributed by atoms with Gasteiger partial charge in [0.1, 0.15) is 30.4 Å². The molecular weight excluding hydrogens is 586 g/mol. The zero-order valence-corrected chi connectivity index (χ0v) is 26.1. The first kappa shape index (κ1) is 32.8. The van der Waals surface area contributed by atoms with Crippen molar-refractivity contribution in [2.75, 3.05) is 26.4 Å². The number of hydrogen-bond donors (Lipinski definition) is 1. The van der Waals surface area contributed by atoms with Gasteiger partial charge < -0.3 is 23.7 Å². The third-order valence-corrected chi connectivity index (χ3v) is 7.97. The maximum Gasteiger partial charge on any atom is 0.417 e. The van der Waals surface area contributed by atoms with Gasteiger partial charge >= 0.3 is 6.09 Å². The number of ether oxygens (including phenoxy) is 3. The lowest BCUT2D eigenvalue weighted by atomic mass is 9.98. The van der Waals surface area contributed by atoms with Crippen LogP contribution in [0.1, 0.15) is 52.4 Å². The van der Waals surface area contributed by atoms with E-state index in [2.05, 4.69) is 0 Å². The number of nitrogens with zero attached hydrogens (tertiary/aromatic N) is 1. The molecule has 0 bridgehead atoms. The maximum absolute atomic E-state index is 13.6. The Morgan fingerprint density at radius 2 is 1.74 bits per heavy atom. The van der Waals surface area contributed by atoms with Crippen molar-refractivity contribution in [2.24, 2.45) is 5.92 Å². The minimum Gasteiger partial charge on any atom is -0.457 e. The monoisotopic (exact) mass is 625 g/mol. The minimum atomic E-state index is -1.17. The number of ketones is 1. The first-order valence-corrected chi connectivity index (χ1v) is 15.5. The fourth-order valence-electron chi connectivity index (χ4n) is 5.40. The second-order valence-electron chi connectivity index (χ2n) is 11.4. The summed E-state index contributed by atoms with van der Waals surface area (Å²) in [4.78, 5) is 40.8. The van der Waals surface area contributed by atoms with Crippen LogP contribution in [0, 0.1) is 12.8 Å². The van der Waals surface area contributed by atoms with Gasteiger partial charge in [-0.25, -0.2) is 9.69 Å². The maximum atomic E-state index is 13.6. The number of carbonyl (C=O) groups is 3. The molecule has 3 aromatic carbocycles. The van der Waals surface area contributed by atoms with Crippen LogP contribution < -0.4 is 0 Å². The smallest absolute Gasteiger partial charge is 0.417 e. The van der Waals surface area contributed by atoms with Crippen LogP contribution in [0.5, 0.6) is 0 Å². The van der Waals surface area contributed by atoms with E-state index in [1.807, 2.05) is 91.9 Å². The Hall–Kier alpha value is -4.57. The third kappa shape index (κ3) is 7.98. The highest BCUT2D eigenvalue weighted by atomic mass is 16.6. The van der Waals surface area contributed by atoms with E-state index in [9.17, 15) is 19.5 Å². The number of amides is 2. The molecule has 0 saturated carbocycles. The van der Waals surface area contributed by atoms with Crippen molar-refractivity contribution < 1.29 is 38.1 Å². The van der Waals surface area contributed by atoms with Crippen LogP contribution in [0.15, 0.2) is 95.4 Å². The zero-order chi connectivity index (χ0) is 32.5. The Morgan fingerprint density at radius 3 is 2.46 bits per heavy atom. The summed E-state index contributed by atoms with van der Waals surface area (Å²) in [5, 5.41) is 9.71. The van der Waals surface area contributed by atoms with Gasteiger partial charge in [0.05, 0.1) is 19.8 Å². The molecule has 0 spiro atoms. The number of hydrogen-bond acceptors (Lipinski definition) is 8. The lowest BCUT2D eigenvalue weighted by molar-refractivity contribution is -0.131. The van der Waals surface area contributed by atoms with Gasteiger partial charge in [-0.05, 0) is 43.0 Å². The molecule has 9 heteroatoms. The Balaban J connectivity index is 1.24. The highest BCUT2D eigenvalue weighted by Gasteiger charge is 2.43. The quantitative estimate of drug-likeness (QED) is 0.0927. The van der Waals surface area contributed by atoms with Crippen LogP contribution >= 0.6 is 0 Å². The number of aliphatic hydroxyl groups is 1. The molecule has 1 aromatic heterocycles. The van der Waals surface area contributed by atoms with Crippen molar-refractivity contribution in [3.05, 3.63) is 119 Å². The number of Topliss-reactive ketones (excluding diaryl/α,β-unsaturated/α-hetero) is 1. The van der Waals surface area contributed by atoms with E-state index in [-0.39, 0.29) is 25.6 Å². The molecule has 1 aliphatic heterocycles. The largest absolute Gasteiger partial charge is 0.457 e. The molecular formula is C37H39NO8. The highest BCUT2D eigenvalue weighted by Crippen LogP contribution is 2.33. The van der Waals surface area contributed by atoms with Gasteiger partial charge in [0.25, 0.3) is 0 Å². The Bertz CT molecular complexity index is 1620. The van der Waals surface area contributed by atoms with Crippen molar-refractivity contribution in [1.82, 2.24) is 4.90 Å².